The van der Waals surface area contributed by atoms with Crippen LogP contribution in [0.15, 0.2) is 30.3 Å². The van der Waals surface area contributed by atoms with Gasteiger partial charge in [0.25, 0.3) is 0 Å². The number of anilines is 1. The molecule has 1 unspecified atom stereocenters. The fraction of sp³-hybridized carbons (Fsp3) is 0.143. The molecule has 2 aromatic rings. The highest BCUT2D eigenvalue weighted by Crippen LogP contribution is 2.41. The summed E-state index contributed by atoms with van der Waals surface area (Å²) in [6, 6.07) is 7.68. The lowest BCUT2D eigenvalue weighted by Crippen LogP contribution is -2.06. The van der Waals surface area contributed by atoms with Gasteiger partial charge < -0.3 is 20.7 Å². The number of phenols is 2. The van der Waals surface area contributed by atoms with E-state index < -0.39 is 29.1 Å². The molecule has 6 heteroatoms. The van der Waals surface area contributed by atoms with Crippen molar-refractivity contribution in [2.75, 3.05) is 12.8 Å². The number of methoxy groups -OCH3 is 1. The lowest BCUT2D eigenvalue weighted by molar-refractivity contribution is 0.133. The smallest absolute Gasteiger partial charge is 0.178 e. The Balaban J connectivity index is 2.55. The quantitative estimate of drug-likeness (QED) is 0.600. The van der Waals surface area contributed by atoms with Gasteiger partial charge in [-0.1, -0.05) is 23.7 Å². The number of nitrogen functional groups attached to an aromatic ring is 1. The van der Waals surface area contributed by atoms with Crippen LogP contribution in [0.5, 0.6) is 11.5 Å². The average molecular weight is 298 g/mol. The molecule has 0 saturated carbocycles. The predicted octanol–water partition coefficient (Wildman–Crippen LogP) is 3.21. The zero-order valence-electron chi connectivity index (χ0n) is 10.6. The standard InChI is InChI=1S/C14H13ClFNO3/c1-20-14(7-2-4-8(15)5-3-7)9-6-10(16)13(19)11(17)12(9)18/h2-6,14,18-19H,17H2,1H3. The van der Waals surface area contributed by atoms with Crippen LogP contribution < -0.4 is 5.73 Å². The van der Waals surface area contributed by atoms with Crippen LogP contribution in [0.4, 0.5) is 10.1 Å². The van der Waals surface area contributed by atoms with Crippen LogP contribution in [0.25, 0.3) is 0 Å². The van der Waals surface area contributed by atoms with E-state index in [1.165, 1.54) is 7.11 Å². The molecular weight excluding hydrogens is 285 g/mol. The number of halogens is 2. The Morgan fingerprint density at radius 1 is 1.20 bits per heavy atom. The summed E-state index contributed by atoms with van der Waals surface area (Å²) in [6.45, 7) is 0. The largest absolute Gasteiger partial charge is 0.505 e. The Morgan fingerprint density at radius 3 is 2.35 bits per heavy atom. The second kappa shape index (κ2) is 5.56. The zero-order chi connectivity index (χ0) is 14.9. The fourth-order valence-corrected chi connectivity index (χ4v) is 2.08. The number of hydrogen-bond donors (Lipinski definition) is 3. The Labute approximate surface area is 120 Å². The van der Waals surface area contributed by atoms with Gasteiger partial charge in [-0.2, -0.15) is 0 Å². The highest BCUT2D eigenvalue weighted by molar-refractivity contribution is 6.30. The molecule has 0 aliphatic carbocycles. The van der Waals surface area contributed by atoms with Gasteiger partial charge in [0.05, 0.1) is 0 Å². The van der Waals surface area contributed by atoms with Crippen LogP contribution in [-0.4, -0.2) is 17.3 Å². The maximum atomic E-state index is 13.6. The summed E-state index contributed by atoms with van der Waals surface area (Å²) in [5.41, 5.74) is 5.83. The molecule has 4 nitrogen and oxygen atoms in total. The SMILES string of the molecule is COC(c1ccc(Cl)cc1)c1cc(F)c(O)c(N)c1O. The molecule has 0 radical (unpaired) electrons. The number of aromatic hydroxyl groups is 2. The van der Waals surface area contributed by atoms with Gasteiger partial charge in [0.2, 0.25) is 0 Å². The van der Waals surface area contributed by atoms with Gasteiger partial charge in [-0.05, 0) is 23.8 Å². The number of benzene rings is 2. The molecule has 2 aromatic carbocycles. The van der Waals surface area contributed by atoms with E-state index in [2.05, 4.69) is 0 Å². The van der Waals surface area contributed by atoms with E-state index in [-0.39, 0.29) is 5.56 Å². The first-order valence-electron chi connectivity index (χ1n) is 5.73. The molecule has 0 aliphatic rings. The van der Waals surface area contributed by atoms with Gasteiger partial charge >= 0.3 is 0 Å². The second-order valence-corrected chi connectivity index (χ2v) is 4.66. The summed E-state index contributed by atoms with van der Waals surface area (Å²) in [6.07, 6.45) is -0.732. The molecular formula is C14H13ClFNO3. The van der Waals surface area contributed by atoms with Crippen LogP contribution in [0.2, 0.25) is 5.02 Å². The Bertz CT molecular complexity index is 631. The van der Waals surface area contributed by atoms with E-state index >= 15 is 0 Å². The van der Waals surface area contributed by atoms with E-state index in [1.54, 1.807) is 24.3 Å². The van der Waals surface area contributed by atoms with Crippen molar-refractivity contribution in [3.05, 3.63) is 52.3 Å². The fourth-order valence-electron chi connectivity index (χ4n) is 1.95. The van der Waals surface area contributed by atoms with E-state index in [9.17, 15) is 14.6 Å². The molecule has 4 N–H and O–H groups in total. The summed E-state index contributed by atoms with van der Waals surface area (Å²) >= 11 is 5.80. The van der Waals surface area contributed by atoms with Gasteiger partial charge in [0.15, 0.2) is 11.6 Å². The van der Waals surface area contributed by atoms with Crippen LogP contribution in [0, 0.1) is 5.82 Å². The first-order valence-corrected chi connectivity index (χ1v) is 6.11. The Morgan fingerprint density at radius 2 is 1.80 bits per heavy atom. The molecule has 0 bridgehead atoms. The van der Waals surface area contributed by atoms with Crippen LogP contribution >= 0.6 is 11.6 Å². The van der Waals surface area contributed by atoms with Crippen molar-refractivity contribution in [1.82, 2.24) is 0 Å². The second-order valence-electron chi connectivity index (χ2n) is 4.23. The first-order chi connectivity index (χ1) is 9.45. The molecule has 0 aliphatic heterocycles. The topological polar surface area (TPSA) is 75.7 Å². The minimum absolute atomic E-state index is 0.127. The molecule has 0 saturated heterocycles. The predicted molar refractivity (Wildman–Crippen MR) is 74.4 cm³/mol. The first kappa shape index (κ1) is 14.4. The van der Waals surface area contributed by atoms with Crippen molar-refractivity contribution in [3.8, 4) is 11.5 Å². The third kappa shape index (κ3) is 2.50. The van der Waals surface area contributed by atoms with Gasteiger partial charge in [-0.3, -0.25) is 0 Å². The Hall–Kier alpha value is -1.98. The van der Waals surface area contributed by atoms with Crippen LogP contribution in [0.3, 0.4) is 0 Å². The van der Waals surface area contributed by atoms with Crippen molar-refractivity contribution in [2.45, 2.75) is 6.10 Å². The number of ether oxygens (including phenoxy) is 1. The minimum Gasteiger partial charge on any atom is -0.505 e. The zero-order valence-corrected chi connectivity index (χ0v) is 11.4. The summed E-state index contributed by atoms with van der Waals surface area (Å²) in [5, 5.41) is 19.9. The molecule has 0 aromatic heterocycles. The highest BCUT2D eigenvalue weighted by atomic mass is 35.5. The number of hydrogen-bond acceptors (Lipinski definition) is 4. The van der Waals surface area contributed by atoms with E-state index in [0.717, 1.165) is 6.07 Å². The van der Waals surface area contributed by atoms with Crippen molar-refractivity contribution in [2.24, 2.45) is 0 Å². The van der Waals surface area contributed by atoms with E-state index in [0.29, 0.717) is 10.6 Å². The van der Waals surface area contributed by atoms with Crippen molar-refractivity contribution in [1.29, 1.82) is 0 Å². The molecule has 0 amide bonds. The molecule has 0 spiro atoms. The maximum Gasteiger partial charge on any atom is 0.178 e. The van der Waals surface area contributed by atoms with E-state index in [4.69, 9.17) is 22.1 Å². The molecule has 20 heavy (non-hydrogen) atoms. The molecule has 2 rings (SSSR count). The third-order valence-corrected chi connectivity index (χ3v) is 3.24. The van der Waals surface area contributed by atoms with Gasteiger partial charge in [0.1, 0.15) is 17.5 Å². The lowest BCUT2D eigenvalue weighted by Gasteiger charge is -2.19. The molecule has 0 heterocycles. The third-order valence-electron chi connectivity index (χ3n) is 2.98. The molecule has 0 fully saturated rings. The maximum absolute atomic E-state index is 13.6. The molecule has 106 valence electrons. The minimum atomic E-state index is -0.925. The van der Waals surface area contributed by atoms with Gasteiger partial charge in [0, 0.05) is 17.7 Å². The number of nitrogens with two attached hydrogens (primary N) is 1. The monoisotopic (exact) mass is 297 g/mol. The van der Waals surface area contributed by atoms with Gasteiger partial charge in [-0.25, -0.2) is 4.39 Å². The molecule has 1 atom stereocenters. The van der Waals surface area contributed by atoms with Crippen molar-refractivity contribution < 1.29 is 19.3 Å². The van der Waals surface area contributed by atoms with Crippen molar-refractivity contribution in [3.63, 3.8) is 0 Å². The van der Waals surface area contributed by atoms with Gasteiger partial charge in [-0.15, -0.1) is 0 Å². The summed E-state index contributed by atoms with van der Waals surface area (Å²) in [5.74, 6) is -2.12. The number of phenolic OH excluding ortho intramolecular Hbond substituents is 2. The summed E-state index contributed by atoms with van der Waals surface area (Å²) in [4.78, 5) is 0. The van der Waals surface area contributed by atoms with Crippen molar-refractivity contribution >= 4 is 17.3 Å². The average Bonchev–Trinajstić information content (AvgIpc) is 2.44. The number of rotatable bonds is 3. The highest BCUT2D eigenvalue weighted by Gasteiger charge is 2.23. The van der Waals surface area contributed by atoms with E-state index in [1.807, 2.05) is 0 Å². The van der Waals surface area contributed by atoms with Crippen LogP contribution in [0.1, 0.15) is 17.2 Å². The lowest BCUT2D eigenvalue weighted by atomic mass is 9.99. The normalized spacial score (nSPS) is 12.3. The Kier molecular flexibility index (Phi) is 4.01. The van der Waals surface area contributed by atoms with Crippen LogP contribution in [-0.2, 0) is 4.74 Å². The summed E-state index contributed by atoms with van der Waals surface area (Å²) < 4.78 is 18.9. The summed E-state index contributed by atoms with van der Waals surface area (Å²) in [7, 11) is 1.42.